The van der Waals surface area contributed by atoms with Crippen LogP contribution in [0.3, 0.4) is 0 Å². The highest BCUT2D eigenvalue weighted by Crippen LogP contribution is 2.26. The van der Waals surface area contributed by atoms with Crippen molar-refractivity contribution in [3.8, 4) is 6.07 Å². The molecule has 0 aliphatic carbocycles. The van der Waals surface area contributed by atoms with Crippen molar-refractivity contribution >= 4 is 33.7 Å². The van der Waals surface area contributed by atoms with Gasteiger partial charge in [0.1, 0.15) is 17.3 Å². The summed E-state index contributed by atoms with van der Waals surface area (Å²) in [5.74, 6) is 0. The fraction of sp³-hybridized carbons (Fsp3) is 0.286. The van der Waals surface area contributed by atoms with E-state index in [4.69, 9.17) is 5.26 Å². The molecule has 2 N–H and O–H groups in total. The van der Waals surface area contributed by atoms with Crippen LogP contribution in [0.4, 0.5) is 9.80 Å². The van der Waals surface area contributed by atoms with Crippen molar-refractivity contribution in [3.05, 3.63) is 5.56 Å². The van der Waals surface area contributed by atoms with E-state index in [1.54, 1.807) is 0 Å². The lowest BCUT2D eigenvalue weighted by Gasteiger charge is -2.01. The van der Waals surface area contributed by atoms with Gasteiger partial charge >= 0.3 is 6.03 Å². The minimum atomic E-state index is -1.33. The third-order valence-electron chi connectivity index (χ3n) is 1.50. The Morgan fingerprint density at radius 1 is 1.73 bits per heavy atom. The molecule has 1 aromatic heterocycles. The van der Waals surface area contributed by atoms with Crippen molar-refractivity contribution in [1.82, 2.24) is 9.69 Å². The molecule has 1 unspecified atom stereocenters. The van der Waals surface area contributed by atoms with Gasteiger partial charge in [0.05, 0.1) is 0 Å². The molecule has 0 saturated heterocycles. The van der Waals surface area contributed by atoms with Crippen LogP contribution in [0, 0.1) is 11.3 Å². The van der Waals surface area contributed by atoms with Gasteiger partial charge in [-0.3, -0.25) is 5.32 Å². The van der Waals surface area contributed by atoms with E-state index in [1.807, 2.05) is 6.07 Å². The first kappa shape index (κ1) is 11.8. The largest absolute Gasteiger partial charge is 0.610 e. The molecular weight excluding hydrogens is 236 g/mol. The van der Waals surface area contributed by atoms with Gasteiger partial charge in [-0.05, 0) is 11.5 Å². The molecule has 0 aliphatic rings. The van der Waals surface area contributed by atoms with E-state index in [0.717, 1.165) is 11.5 Å². The zero-order chi connectivity index (χ0) is 11.4. The summed E-state index contributed by atoms with van der Waals surface area (Å²) in [5, 5.41) is 14.1. The van der Waals surface area contributed by atoms with Crippen LogP contribution in [0.25, 0.3) is 0 Å². The zero-order valence-corrected chi connectivity index (χ0v) is 9.66. The van der Waals surface area contributed by atoms with Gasteiger partial charge in [0.2, 0.25) is 0 Å². The number of aromatic nitrogens is 1. The molecule has 0 aliphatic heterocycles. The highest BCUT2D eigenvalue weighted by molar-refractivity contribution is 7.90. The number of nitriles is 1. The Kier molecular flexibility index (Phi) is 3.90. The Bertz CT molecular complexity index is 410. The quantitative estimate of drug-likeness (QED) is 0.740. The SMILES string of the molecule is CNC(=O)Nc1snc([S+](C)[O-])c1C#N. The van der Waals surface area contributed by atoms with Crippen LogP contribution >= 0.6 is 11.5 Å². The normalized spacial score (nSPS) is 11.6. The highest BCUT2D eigenvalue weighted by atomic mass is 32.2. The molecule has 0 saturated carbocycles. The number of carbonyl (C=O) groups excluding carboxylic acids is 1. The topological polar surface area (TPSA) is 101 Å². The van der Waals surface area contributed by atoms with Crippen LogP contribution in [-0.4, -0.2) is 28.3 Å². The predicted molar refractivity (Wildman–Crippen MR) is 57.2 cm³/mol. The summed E-state index contributed by atoms with van der Waals surface area (Å²) in [5.41, 5.74) is 0.157. The number of hydrogen-bond acceptors (Lipinski definition) is 5. The molecule has 6 nitrogen and oxygen atoms in total. The lowest BCUT2D eigenvalue weighted by Crippen LogP contribution is -2.24. The molecule has 1 atom stereocenters. The Morgan fingerprint density at radius 3 is 2.87 bits per heavy atom. The van der Waals surface area contributed by atoms with Crippen molar-refractivity contribution in [3.63, 3.8) is 0 Å². The maximum Gasteiger partial charge on any atom is 0.319 e. The molecular formula is C7H8N4O2S2. The van der Waals surface area contributed by atoms with Crippen molar-refractivity contribution in [2.45, 2.75) is 5.03 Å². The van der Waals surface area contributed by atoms with Gasteiger partial charge in [0, 0.05) is 18.2 Å². The zero-order valence-electron chi connectivity index (χ0n) is 8.03. The molecule has 1 heterocycles. The Morgan fingerprint density at radius 2 is 2.40 bits per heavy atom. The first-order valence-corrected chi connectivity index (χ1v) is 6.15. The second-order valence-corrected chi connectivity index (χ2v) is 4.53. The van der Waals surface area contributed by atoms with Crippen LogP contribution < -0.4 is 10.6 Å². The summed E-state index contributed by atoms with van der Waals surface area (Å²) in [6.07, 6.45) is 1.43. The average molecular weight is 244 g/mol. The molecule has 0 fully saturated rings. The fourth-order valence-corrected chi connectivity index (χ4v) is 2.49. The van der Waals surface area contributed by atoms with Crippen molar-refractivity contribution in [1.29, 1.82) is 5.26 Å². The van der Waals surface area contributed by atoms with Crippen LogP contribution in [-0.2, 0) is 11.2 Å². The summed E-state index contributed by atoms with van der Waals surface area (Å²) in [7, 11) is 1.46. The maximum absolute atomic E-state index is 11.2. The number of amides is 2. The fourth-order valence-electron chi connectivity index (χ4n) is 0.821. The summed E-state index contributed by atoms with van der Waals surface area (Å²) >= 11 is -0.396. The summed E-state index contributed by atoms with van der Waals surface area (Å²) in [6, 6.07) is 1.43. The first-order chi connectivity index (χ1) is 7.10. The van der Waals surface area contributed by atoms with Crippen molar-refractivity contribution in [2.75, 3.05) is 18.6 Å². The van der Waals surface area contributed by atoms with Crippen molar-refractivity contribution in [2.24, 2.45) is 0 Å². The van der Waals surface area contributed by atoms with Gasteiger partial charge in [0.15, 0.2) is 5.56 Å². The van der Waals surface area contributed by atoms with Crippen molar-refractivity contribution < 1.29 is 9.35 Å². The van der Waals surface area contributed by atoms with E-state index in [9.17, 15) is 9.35 Å². The lowest BCUT2D eigenvalue weighted by molar-refractivity contribution is 0.254. The summed E-state index contributed by atoms with van der Waals surface area (Å²) < 4.78 is 15.0. The van der Waals surface area contributed by atoms with E-state index >= 15 is 0 Å². The van der Waals surface area contributed by atoms with E-state index in [1.165, 1.54) is 13.3 Å². The molecule has 0 radical (unpaired) electrons. The summed E-state index contributed by atoms with van der Waals surface area (Å²) in [6.45, 7) is 0. The van der Waals surface area contributed by atoms with E-state index < -0.39 is 17.2 Å². The minimum absolute atomic E-state index is 0.157. The monoisotopic (exact) mass is 244 g/mol. The van der Waals surface area contributed by atoms with E-state index in [2.05, 4.69) is 15.0 Å². The molecule has 1 aromatic rings. The molecule has 2 amide bonds. The van der Waals surface area contributed by atoms with E-state index in [0.29, 0.717) is 5.00 Å². The minimum Gasteiger partial charge on any atom is -0.610 e. The average Bonchev–Trinajstić information content (AvgIpc) is 2.60. The van der Waals surface area contributed by atoms with Gasteiger partial charge in [-0.1, -0.05) is 0 Å². The number of anilines is 1. The molecule has 15 heavy (non-hydrogen) atoms. The number of urea groups is 1. The van der Waals surface area contributed by atoms with Crippen LogP contribution in [0.5, 0.6) is 0 Å². The number of carbonyl (C=O) groups is 1. The standard InChI is InChI=1S/C7H8N4O2S2/c1-9-7(12)10-5-4(3-8)6(11-14-5)15(2)13/h1-2H3,(H2,9,10,12). The maximum atomic E-state index is 11.2. The van der Waals surface area contributed by atoms with Gasteiger partial charge in [0.25, 0.3) is 5.03 Å². The highest BCUT2D eigenvalue weighted by Gasteiger charge is 2.22. The number of hydrogen-bond donors (Lipinski definition) is 2. The molecule has 0 bridgehead atoms. The molecule has 0 spiro atoms. The third kappa shape index (κ3) is 2.59. The van der Waals surface area contributed by atoms with Gasteiger partial charge in [-0.2, -0.15) is 5.26 Å². The number of nitrogens with one attached hydrogen (secondary N) is 2. The number of nitrogens with zero attached hydrogens (tertiary/aromatic N) is 2. The van der Waals surface area contributed by atoms with Gasteiger partial charge in [-0.25, -0.2) is 4.79 Å². The third-order valence-corrected chi connectivity index (χ3v) is 3.22. The summed E-state index contributed by atoms with van der Waals surface area (Å²) in [4.78, 5) is 11.0. The molecule has 0 aromatic carbocycles. The second-order valence-electron chi connectivity index (χ2n) is 2.46. The lowest BCUT2D eigenvalue weighted by atomic mass is 10.4. The molecule has 80 valence electrons. The van der Waals surface area contributed by atoms with Crippen LogP contribution in [0.1, 0.15) is 5.56 Å². The number of rotatable bonds is 2. The predicted octanol–water partition coefficient (Wildman–Crippen LogP) is 0.503. The van der Waals surface area contributed by atoms with E-state index in [-0.39, 0.29) is 10.6 Å². The van der Waals surface area contributed by atoms with Gasteiger partial charge in [-0.15, -0.1) is 4.37 Å². The molecule has 8 heteroatoms. The Labute approximate surface area is 93.6 Å². The Hall–Kier alpha value is -1.30. The first-order valence-electron chi connectivity index (χ1n) is 3.82. The molecule has 1 rings (SSSR count). The van der Waals surface area contributed by atoms with Crippen LogP contribution in [0.15, 0.2) is 5.03 Å². The smallest absolute Gasteiger partial charge is 0.319 e. The Balaban J connectivity index is 3.01. The van der Waals surface area contributed by atoms with Gasteiger partial charge < -0.3 is 9.87 Å². The second kappa shape index (κ2) is 4.97. The van der Waals surface area contributed by atoms with Crippen LogP contribution in [0.2, 0.25) is 0 Å².